The van der Waals surface area contributed by atoms with Crippen LogP contribution >= 0.6 is 0 Å². The molecule has 1 N–H and O–H groups in total. The molecular weight excluding hydrogens is 220 g/mol. The van der Waals surface area contributed by atoms with E-state index in [4.69, 9.17) is 0 Å². The monoisotopic (exact) mass is 252 g/mol. The molecule has 2 nitrogen and oxygen atoms in total. The van der Waals surface area contributed by atoms with Crippen molar-refractivity contribution in [3.63, 3.8) is 0 Å². The van der Waals surface area contributed by atoms with Crippen LogP contribution in [0, 0.1) is 11.3 Å². The van der Waals surface area contributed by atoms with Gasteiger partial charge in [-0.3, -0.25) is 4.90 Å². The molecule has 2 fully saturated rings. The second kappa shape index (κ2) is 5.92. The van der Waals surface area contributed by atoms with Crippen LogP contribution in [0.1, 0.15) is 59.8 Å². The van der Waals surface area contributed by atoms with Crippen LogP contribution in [0.3, 0.4) is 0 Å². The highest BCUT2D eigenvalue weighted by molar-refractivity contribution is 4.95. The maximum absolute atomic E-state index is 3.78. The highest BCUT2D eigenvalue weighted by Crippen LogP contribution is 2.37. The Morgan fingerprint density at radius 3 is 2.50 bits per heavy atom. The lowest BCUT2D eigenvalue weighted by Gasteiger charge is -2.42. The molecule has 2 unspecified atom stereocenters. The molecule has 0 spiro atoms. The van der Waals surface area contributed by atoms with Gasteiger partial charge in [0.25, 0.3) is 0 Å². The first-order valence-electron chi connectivity index (χ1n) is 7.97. The minimum absolute atomic E-state index is 0.471. The Balaban J connectivity index is 1.87. The molecule has 1 saturated carbocycles. The summed E-state index contributed by atoms with van der Waals surface area (Å²) in [5.41, 5.74) is 0.471. The van der Waals surface area contributed by atoms with Crippen LogP contribution in [-0.4, -0.2) is 36.6 Å². The molecule has 0 bridgehead atoms. The molecule has 2 heteroatoms. The molecule has 18 heavy (non-hydrogen) atoms. The minimum Gasteiger partial charge on any atom is -0.311 e. The third kappa shape index (κ3) is 4.24. The number of hydrogen-bond donors (Lipinski definition) is 1. The Labute approximate surface area is 114 Å². The summed E-state index contributed by atoms with van der Waals surface area (Å²) in [5.74, 6) is 1.00. The average Bonchev–Trinajstić information content (AvgIpc) is 3.10. The van der Waals surface area contributed by atoms with Crippen LogP contribution in [-0.2, 0) is 0 Å². The highest BCUT2D eigenvalue weighted by Gasteiger charge is 2.38. The van der Waals surface area contributed by atoms with E-state index in [9.17, 15) is 0 Å². The highest BCUT2D eigenvalue weighted by atomic mass is 15.2. The van der Waals surface area contributed by atoms with Gasteiger partial charge in [-0.05, 0) is 43.6 Å². The lowest BCUT2D eigenvalue weighted by atomic mass is 9.91. The quantitative estimate of drug-likeness (QED) is 0.808. The number of hydrogen-bond acceptors (Lipinski definition) is 2. The summed E-state index contributed by atoms with van der Waals surface area (Å²) >= 11 is 0. The van der Waals surface area contributed by atoms with E-state index in [0.29, 0.717) is 5.41 Å². The van der Waals surface area contributed by atoms with Crippen molar-refractivity contribution in [2.75, 3.05) is 19.6 Å². The van der Waals surface area contributed by atoms with Crippen LogP contribution < -0.4 is 5.32 Å². The van der Waals surface area contributed by atoms with Gasteiger partial charge < -0.3 is 5.32 Å². The van der Waals surface area contributed by atoms with Gasteiger partial charge in [0.2, 0.25) is 0 Å². The van der Waals surface area contributed by atoms with Crippen molar-refractivity contribution in [2.24, 2.45) is 11.3 Å². The van der Waals surface area contributed by atoms with E-state index >= 15 is 0 Å². The van der Waals surface area contributed by atoms with Gasteiger partial charge in [-0.2, -0.15) is 0 Å². The summed E-state index contributed by atoms with van der Waals surface area (Å²) in [4.78, 5) is 2.81. The third-order valence-corrected chi connectivity index (χ3v) is 4.49. The Morgan fingerprint density at radius 2 is 1.94 bits per heavy atom. The van der Waals surface area contributed by atoms with E-state index in [1.807, 2.05) is 0 Å². The first kappa shape index (κ1) is 14.3. The van der Waals surface area contributed by atoms with Gasteiger partial charge in [-0.15, -0.1) is 0 Å². The van der Waals surface area contributed by atoms with Crippen LogP contribution in [0.2, 0.25) is 0 Å². The topological polar surface area (TPSA) is 15.3 Å². The van der Waals surface area contributed by atoms with Gasteiger partial charge in [0.1, 0.15) is 0 Å². The van der Waals surface area contributed by atoms with Crippen LogP contribution in [0.15, 0.2) is 0 Å². The molecule has 1 aliphatic carbocycles. The molecule has 2 aliphatic rings. The standard InChI is InChI=1S/C16H32N2/c1-5-6-14-12-18(10-9-16(2,3)4)15(11-17-14)13-7-8-13/h13-15,17H,5-12H2,1-4H3. The molecule has 0 amide bonds. The number of piperazine rings is 1. The summed E-state index contributed by atoms with van der Waals surface area (Å²) in [6.45, 7) is 13.2. The van der Waals surface area contributed by atoms with Crippen molar-refractivity contribution in [3.05, 3.63) is 0 Å². The maximum Gasteiger partial charge on any atom is 0.0249 e. The summed E-state index contributed by atoms with van der Waals surface area (Å²) in [5, 5.41) is 3.78. The van der Waals surface area contributed by atoms with Crippen LogP contribution in [0.25, 0.3) is 0 Å². The van der Waals surface area contributed by atoms with E-state index in [1.165, 1.54) is 51.7 Å². The first-order chi connectivity index (χ1) is 8.49. The summed E-state index contributed by atoms with van der Waals surface area (Å²) in [7, 11) is 0. The lowest BCUT2D eigenvalue weighted by Crippen LogP contribution is -2.57. The molecule has 1 aliphatic heterocycles. The van der Waals surface area contributed by atoms with Crippen molar-refractivity contribution in [1.82, 2.24) is 10.2 Å². The molecule has 0 radical (unpaired) electrons. The second-order valence-corrected chi connectivity index (χ2v) is 7.60. The molecular formula is C16H32N2. The Bertz CT molecular complexity index is 252. The van der Waals surface area contributed by atoms with Gasteiger partial charge in [0.05, 0.1) is 0 Å². The molecule has 0 aromatic rings. The van der Waals surface area contributed by atoms with E-state index < -0.39 is 0 Å². The van der Waals surface area contributed by atoms with Gasteiger partial charge in [-0.1, -0.05) is 34.1 Å². The van der Waals surface area contributed by atoms with Crippen LogP contribution in [0.5, 0.6) is 0 Å². The Kier molecular flexibility index (Phi) is 4.71. The third-order valence-electron chi connectivity index (χ3n) is 4.49. The zero-order chi connectivity index (χ0) is 13.2. The molecule has 1 saturated heterocycles. The summed E-state index contributed by atoms with van der Waals surface area (Å²) < 4.78 is 0. The fourth-order valence-corrected chi connectivity index (χ4v) is 3.12. The average molecular weight is 252 g/mol. The molecule has 2 rings (SSSR count). The fourth-order valence-electron chi connectivity index (χ4n) is 3.12. The smallest absolute Gasteiger partial charge is 0.0249 e. The predicted octanol–water partition coefficient (Wildman–Crippen LogP) is 3.28. The van der Waals surface area contributed by atoms with E-state index in [0.717, 1.165) is 18.0 Å². The van der Waals surface area contributed by atoms with Gasteiger partial charge >= 0.3 is 0 Å². The van der Waals surface area contributed by atoms with E-state index in [2.05, 4.69) is 37.9 Å². The molecule has 0 aromatic carbocycles. The molecule has 2 atom stereocenters. The van der Waals surface area contributed by atoms with Crippen molar-refractivity contribution >= 4 is 0 Å². The van der Waals surface area contributed by atoms with Gasteiger partial charge in [0.15, 0.2) is 0 Å². The zero-order valence-electron chi connectivity index (χ0n) is 12.8. The number of nitrogens with one attached hydrogen (secondary N) is 1. The predicted molar refractivity (Wildman–Crippen MR) is 78.9 cm³/mol. The fraction of sp³-hybridized carbons (Fsp3) is 1.00. The van der Waals surface area contributed by atoms with Crippen molar-refractivity contribution < 1.29 is 0 Å². The number of nitrogens with zero attached hydrogens (tertiary/aromatic N) is 1. The first-order valence-corrected chi connectivity index (χ1v) is 7.97. The molecule has 106 valence electrons. The lowest BCUT2D eigenvalue weighted by molar-refractivity contribution is 0.0980. The SMILES string of the molecule is CCCC1CN(CCC(C)(C)C)C(C2CC2)CN1. The minimum atomic E-state index is 0.471. The van der Waals surface area contributed by atoms with Crippen LogP contribution in [0.4, 0.5) is 0 Å². The van der Waals surface area contributed by atoms with Gasteiger partial charge in [-0.25, -0.2) is 0 Å². The summed E-state index contributed by atoms with van der Waals surface area (Å²) in [6, 6.07) is 1.57. The maximum atomic E-state index is 3.78. The second-order valence-electron chi connectivity index (χ2n) is 7.60. The zero-order valence-corrected chi connectivity index (χ0v) is 12.8. The normalized spacial score (nSPS) is 30.7. The molecule has 1 heterocycles. The Morgan fingerprint density at radius 1 is 1.22 bits per heavy atom. The van der Waals surface area contributed by atoms with Crippen molar-refractivity contribution in [1.29, 1.82) is 0 Å². The van der Waals surface area contributed by atoms with E-state index in [-0.39, 0.29) is 0 Å². The van der Waals surface area contributed by atoms with Crippen molar-refractivity contribution in [3.8, 4) is 0 Å². The largest absolute Gasteiger partial charge is 0.311 e. The van der Waals surface area contributed by atoms with Crippen molar-refractivity contribution in [2.45, 2.75) is 71.9 Å². The Hall–Kier alpha value is -0.0800. The van der Waals surface area contributed by atoms with E-state index in [1.54, 1.807) is 0 Å². The number of rotatable bonds is 5. The summed E-state index contributed by atoms with van der Waals surface area (Å²) in [6.07, 6.45) is 6.91. The molecule has 0 aromatic heterocycles. The van der Waals surface area contributed by atoms with Gasteiger partial charge in [0, 0.05) is 25.2 Å².